The third-order valence-corrected chi connectivity index (χ3v) is 3.85. The molecule has 4 heteroatoms. The first-order valence-corrected chi connectivity index (χ1v) is 5.70. The zero-order valence-electron chi connectivity index (χ0n) is 8.98. The van der Waals surface area contributed by atoms with Gasteiger partial charge in [0, 0.05) is 5.92 Å². The van der Waals surface area contributed by atoms with Crippen LogP contribution in [-0.2, 0) is 0 Å². The number of aryl methyl sites for hydroxylation is 1. The minimum Gasteiger partial charge on any atom is -0.368 e. The largest absolute Gasteiger partial charge is 0.368 e. The van der Waals surface area contributed by atoms with Gasteiger partial charge in [-0.2, -0.15) is 9.97 Å². The lowest BCUT2D eigenvalue weighted by Crippen LogP contribution is -2.14. The van der Waals surface area contributed by atoms with E-state index >= 15 is 0 Å². The van der Waals surface area contributed by atoms with E-state index in [1.54, 1.807) is 0 Å². The van der Waals surface area contributed by atoms with E-state index in [9.17, 15) is 0 Å². The zero-order valence-corrected chi connectivity index (χ0v) is 8.98. The van der Waals surface area contributed by atoms with Crippen LogP contribution in [0.2, 0.25) is 0 Å². The lowest BCUT2D eigenvalue weighted by atomic mass is 9.88. The Morgan fingerprint density at radius 1 is 1.13 bits per heavy atom. The van der Waals surface area contributed by atoms with Gasteiger partial charge in [-0.15, -0.1) is 0 Å². The summed E-state index contributed by atoms with van der Waals surface area (Å²) >= 11 is 0. The molecular formula is C11H16N4. The molecule has 0 saturated heterocycles. The first-order chi connectivity index (χ1) is 7.22. The molecule has 2 N–H and O–H groups in total. The van der Waals surface area contributed by atoms with Crippen molar-refractivity contribution in [2.24, 2.45) is 11.8 Å². The highest BCUT2D eigenvalue weighted by Crippen LogP contribution is 2.52. The van der Waals surface area contributed by atoms with Crippen molar-refractivity contribution in [1.82, 2.24) is 15.0 Å². The molecule has 1 aromatic rings. The summed E-state index contributed by atoms with van der Waals surface area (Å²) in [5, 5.41) is 0. The molecule has 4 nitrogen and oxygen atoms in total. The van der Waals surface area contributed by atoms with Crippen LogP contribution >= 0.6 is 0 Å². The van der Waals surface area contributed by atoms with Gasteiger partial charge >= 0.3 is 0 Å². The van der Waals surface area contributed by atoms with Crippen LogP contribution in [0.5, 0.6) is 0 Å². The molecule has 2 bridgehead atoms. The summed E-state index contributed by atoms with van der Waals surface area (Å²) in [4.78, 5) is 12.7. The Kier molecular flexibility index (Phi) is 1.90. The van der Waals surface area contributed by atoms with Crippen molar-refractivity contribution < 1.29 is 0 Å². The smallest absolute Gasteiger partial charge is 0.223 e. The molecule has 0 spiro atoms. The molecule has 1 heterocycles. The maximum Gasteiger partial charge on any atom is 0.223 e. The van der Waals surface area contributed by atoms with Crippen LogP contribution in [0.1, 0.15) is 43.3 Å². The Hall–Kier alpha value is -1.19. The molecule has 80 valence electrons. The molecule has 2 saturated carbocycles. The maximum atomic E-state index is 5.66. The molecule has 3 unspecified atom stereocenters. The van der Waals surface area contributed by atoms with Gasteiger partial charge in [-0.1, -0.05) is 6.42 Å². The summed E-state index contributed by atoms with van der Waals surface area (Å²) in [5.74, 6) is 4.33. The fourth-order valence-electron chi connectivity index (χ4n) is 3.25. The lowest BCUT2D eigenvalue weighted by Gasteiger charge is -2.20. The van der Waals surface area contributed by atoms with E-state index in [4.69, 9.17) is 5.73 Å². The first kappa shape index (κ1) is 9.07. The average molecular weight is 204 g/mol. The van der Waals surface area contributed by atoms with Crippen LogP contribution in [0.3, 0.4) is 0 Å². The number of nitrogens with two attached hydrogens (primary N) is 1. The van der Waals surface area contributed by atoms with Gasteiger partial charge < -0.3 is 5.73 Å². The predicted molar refractivity (Wildman–Crippen MR) is 57.2 cm³/mol. The highest BCUT2D eigenvalue weighted by Gasteiger charge is 2.41. The van der Waals surface area contributed by atoms with Crippen LogP contribution in [0.4, 0.5) is 5.95 Å². The number of hydrogen-bond acceptors (Lipinski definition) is 4. The molecule has 3 atom stereocenters. The van der Waals surface area contributed by atoms with Crippen LogP contribution in [-0.4, -0.2) is 15.0 Å². The molecular weight excluding hydrogens is 188 g/mol. The minimum absolute atomic E-state index is 0.375. The number of nitrogen functional groups attached to an aromatic ring is 1. The second kappa shape index (κ2) is 3.15. The maximum absolute atomic E-state index is 5.66. The van der Waals surface area contributed by atoms with Crippen molar-refractivity contribution in [2.75, 3.05) is 5.73 Å². The molecule has 0 aromatic carbocycles. The van der Waals surface area contributed by atoms with Gasteiger partial charge in [0.25, 0.3) is 0 Å². The van der Waals surface area contributed by atoms with Crippen molar-refractivity contribution in [2.45, 2.75) is 38.5 Å². The molecule has 0 amide bonds. The van der Waals surface area contributed by atoms with E-state index < -0.39 is 0 Å². The zero-order chi connectivity index (χ0) is 10.4. The standard InChI is InChI=1S/C11H16N4/c1-6-13-10(15-11(12)14-6)9-5-7-2-3-8(9)4-7/h7-9H,2-5H2,1H3,(H2,12,13,14,15). The van der Waals surface area contributed by atoms with Gasteiger partial charge in [0.15, 0.2) is 0 Å². The van der Waals surface area contributed by atoms with E-state index in [1.165, 1.54) is 25.7 Å². The highest BCUT2D eigenvalue weighted by atomic mass is 15.1. The Morgan fingerprint density at radius 3 is 2.60 bits per heavy atom. The topological polar surface area (TPSA) is 64.7 Å². The van der Waals surface area contributed by atoms with Gasteiger partial charge in [-0.05, 0) is 38.0 Å². The molecule has 2 fully saturated rings. The van der Waals surface area contributed by atoms with Crippen molar-refractivity contribution in [1.29, 1.82) is 0 Å². The van der Waals surface area contributed by atoms with Gasteiger partial charge in [0.05, 0.1) is 0 Å². The Morgan fingerprint density at radius 2 is 2.00 bits per heavy atom. The van der Waals surface area contributed by atoms with E-state index in [0.29, 0.717) is 11.9 Å². The normalized spacial score (nSPS) is 33.5. The summed E-state index contributed by atoms with van der Waals surface area (Å²) in [6, 6.07) is 0. The second-order valence-electron chi connectivity index (χ2n) is 4.88. The van der Waals surface area contributed by atoms with Crippen molar-refractivity contribution in [3.8, 4) is 0 Å². The fourth-order valence-corrected chi connectivity index (χ4v) is 3.25. The van der Waals surface area contributed by atoms with E-state index in [0.717, 1.165) is 23.5 Å². The Labute approximate surface area is 89.3 Å². The third-order valence-electron chi connectivity index (χ3n) is 3.85. The van der Waals surface area contributed by atoms with Gasteiger partial charge in [-0.25, -0.2) is 4.98 Å². The minimum atomic E-state index is 0.375. The second-order valence-corrected chi connectivity index (χ2v) is 4.88. The highest BCUT2D eigenvalue weighted by molar-refractivity contribution is 5.19. The number of aromatic nitrogens is 3. The molecule has 0 aliphatic heterocycles. The summed E-state index contributed by atoms with van der Waals surface area (Å²) in [6.45, 7) is 1.88. The van der Waals surface area contributed by atoms with Crippen molar-refractivity contribution >= 4 is 5.95 Å². The van der Waals surface area contributed by atoms with E-state index in [2.05, 4.69) is 15.0 Å². The Bertz CT molecular complexity index is 370. The SMILES string of the molecule is Cc1nc(N)nc(C2CC3CCC2C3)n1. The molecule has 2 aliphatic rings. The van der Waals surface area contributed by atoms with Crippen LogP contribution in [0, 0.1) is 18.8 Å². The predicted octanol–water partition coefficient (Wildman–Crippen LogP) is 1.67. The molecule has 3 rings (SSSR count). The number of nitrogens with zero attached hydrogens (tertiary/aromatic N) is 3. The van der Waals surface area contributed by atoms with E-state index in [1.807, 2.05) is 6.92 Å². The molecule has 2 aliphatic carbocycles. The quantitative estimate of drug-likeness (QED) is 0.755. The van der Waals surface area contributed by atoms with Gasteiger partial charge in [0.1, 0.15) is 11.6 Å². The van der Waals surface area contributed by atoms with E-state index in [-0.39, 0.29) is 0 Å². The third kappa shape index (κ3) is 1.48. The average Bonchev–Trinajstić information content (AvgIpc) is 2.76. The van der Waals surface area contributed by atoms with Gasteiger partial charge in [0.2, 0.25) is 5.95 Å². The molecule has 1 aromatic heterocycles. The summed E-state index contributed by atoms with van der Waals surface area (Å²) in [5.41, 5.74) is 5.66. The van der Waals surface area contributed by atoms with Crippen LogP contribution < -0.4 is 5.73 Å². The molecule has 0 radical (unpaired) electrons. The summed E-state index contributed by atoms with van der Waals surface area (Å²) in [6.07, 6.45) is 5.38. The number of anilines is 1. The Balaban J connectivity index is 1.93. The lowest BCUT2D eigenvalue weighted by molar-refractivity contribution is 0.404. The van der Waals surface area contributed by atoms with Gasteiger partial charge in [-0.3, -0.25) is 0 Å². The molecule has 15 heavy (non-hydrogen) atoms. The van der Waals surface area contributed by atoms with Crippen LogP contribution in [0.25, 0.3) is 0 Å². The number of fused-ring (bicyclic) bond motifs is 2. The van der Waals surface area contributed by atoms with Crippen molar-refractivity contribution in [3.63, 3.8) is 0 Å². The van der Waals surface area contributed by atoms with Crippen molar-refractivity contribution in [3.05, 3.63) is 11.6 Å². The number of rotatable bonds is 1. The summed E-state index contributed by atoms with van der Waals surface area (Å²) in [7, 11) is 0. The summed E-state index contributed by atoms with van der Waals surface area (Å²) < 4.78 is 0. The first-order valence-electron chi connectivity index (χ1n) is 5.70. The fraction of sp³-hybridized carbons (Fsp3) is 0.727. The number of hydrogen-bond donors (Lipinski definition) is 1. The monoisotopic (exact) mass is 204 g/mol. The van der Waals surface area contributed by atoms with Crippen LogP contribution in [0.15, 0.2) is 0 Å².